The van der Waals surface area contributed by atoms with Crippen LogP contribution in [0.3, 0.4) is 0 Å². The molecule has 0 aliphatic heterocycles. The molecule has 1 aromatic rings. The summed E-state index contributed by atoms with van der Waals surface area (Å²) in [5, 5.41) is 0. The predicted octanol–water partition coefficient (Wildman–Crippen LogP) is 6.74. The Kier molecular flexibility index (Phi) is 10.5. The molecule has 3 aliphatic rings. The number of para-hydroxylation sites is 1. The number of hydrogen-bond donors (Lipinski definition) is 0. The highest BCUT2D eigenvalue weighted by Crippen LogP contribution is 2.38. The summed E-state index contributed by atoms with van der Waals surface area (Å²) in [5.41, 5.74) is 0. The van der Waals surface area contributed by atoms with Crippen molar-refractivity contribution in [3.63, 3.8) is 0 Å². The first-order valence-electron chi connectivity index (χ1n) is 13.2. The van der Waals surface area contributed by atoms with E-state index in [-0.39, 0.29) is 26.5 Å². The van der Waals surface area contributed by atoms with E-state index in [1.807, 2.05) is 18.2 Å². The van der Waals surface area contributed by atoms with Crippen molar-refractivity contribution in [2.24, 2.45) is 0 Å². The molecule has 1 aromatic carbocycles. The molecule has 186 valence electrons. The molecule has 0 heterocycles. The van der Waals surface area contributed by atoms with Gasteiger partial charge in [-0.3, -0.25) is 0 Å². The molecular formula is C27H42O6. The van der Waals surface area contributed by atoms with E-state index in [2.05, 4.69) is 0 Å². The molecule has 0 spiro atoms. The lowest BCUT2D eigenvalue weighted by Gasteiger charge is -2.24. The lowest BCUT2D eigenvalue weighted by Crippen LogP contribution is -2.21. The van der Waals surface area contributed by atoms with Gasteiger partial charge in [-0.15, -0.1) is 0 Å². The normalized spacial score (nSPS) is 21.1. The zero-order valence-corrected chi connectivity index (χ0v) is 20.1. The van der Waals surface area contributed by atoms with Gasteiger partial charge in [0.05, 0.1) is 18.3 Å². The van der Waals surface area contributed by atoms with Crippen LogP contribution in [0.4, 0.5) is 0 Å². The standard InChI is InChI=1S/C27H42O6/c1-4-11-22(12-5-1)28-19-31-25-17-10-18-26(32-20-29-23-13-6-2-7-14-23)27(25)33-21-30-24-15-8-3-9-16-24/h10,17-18,22-24H,1-9,11-16,19-21H2. The van der Waals surface area contributed by atoms with Crippen LogP contribution in [0.25, 0.3) is 0 Å². The average molecular weight is 463 g/mol. The van der Waals surface area contributed by atoms with Crippen molar-refractivity contribution in [1.82, 2.24) is 0 Å². The van der Waals surface area contributed by atoms with E-state index in [1.54, 1.807) is 0 Å². The molecule has 3 saturated carbocycles. The summed E-state index contributed by atoms with van der Waals surface area (Å²) in [7, 11) is 0. The van der Waals surface area contributed by atoms with Crippen molar-refractivity contribution in [2.75, 3.05) is 20.4 Å². The number of hydrogen-bond acceptors (Lipinski definition) is 6. The van der Waals surface area contributed by atoms with Gasteiger partial charge in [-0.05, 0) is 50.7 Å². The maximum atomic E-state index is 6.07. The number of benzene rings is 1. The maximum Gasteiger partial charge on any atom is 0.206 e. The Morgan fingerprint density at radius 3 is 1.24 bits per heavy atom. The second-order valence-electron chi connectivity index (χ2n) is 9.65. The minimum absolute atomic E-state index is 0.189. The Morgan fingerprint density at radius 1 is 0.485 bits per heavy atom. The Labute approximate surface area is 199 Å². The van der Waals surface area contributed by atoms with E-state index in [0.29, 0.717) is 29.5 Å². The van der Waals surface area contributed by atoms with Gasteiger partial charge in [-0.1, -0.05) is 63.9 Å². The quantitative estimate of drug-likeness (QED) is 0.321. The summed E-state index contributed by atoms with van der Waals surface area (Å²) in [6.07, 6.45) is 18.9. The maximum absolute atomic E-state index is 6.07. The third-order valence-electron chi connectivity index (χ3n) is 7.14. The van der Waals surface area contributed by atoms with Gasteiger partial charge >= 0.3 is 0 Å². The van der Waals surface area contributed by atoms with Crippen molar-refractivity contribution >= 4 is 0 Å². The second-order valence-corrected chi connectivity index (χ2v) is 9.65. The molecule has 6 heteroatoms. The summed E-state index contributed by atoms with van der Waals surface area (Å²) < 4.78 is 36.0. The smallest absolute Gasteiger partial charge is 0.206 e. The minimum Gasteiger partial charge on any atom is -0.463 e. The van der Waals surface area contributed by atoms with Gasteiger partial charge in [0.15, 0.2) is 31.9 Å². The molecule has 3 aliphatic carbocycles. The molecule has 4 rings (SSSR count). The zero-order valence-electron chi connectivity index (χ0n) is 20.1. The SMILES string of the molecule is c1cc(OCOC2CCCCC2)c(OCOC2CCCCC2)c(OCOC2CCCCC2)c1. The van der Waals surface area contributed by atoms with Gasteiger partial charge < -0.3 is 28.4 Å². The van der Waals surface area contributed by atoms with E-state index in [9.17, 15) is 0 Å². The monoisotopic (exact) mass is 462 g/mol. The summed E-state index contributed by atoms with van der Waals surface area (Å²) in [6, 6.07) is 5.71. The van der Waals surface area contributed by atoms with Gasteiger partial charge in [0.1, 0.15) is 0 Å². The highest BCUT2D eigenvalue weighted by Gasteiger charge is 2.19. The molecule has 0 unspecified atom stereocenters. The molecule has 0 bridgehead atoms. The van der Waals surface area contributed by atoms with Crippen LogP contribution in [0.1, 0.15) is 96.3 Å². The van der Waals surface area contributed by atoms with Crippen LogP contribution in [-0.2, 0) is 14.2 Å². The van der Waals surface area contributed by atoms with Gasteiger partial charge in [0, 0.05) is 0 Å². The van der Waals surface area contributed by atoms with Crippen LogP contribution < -0.4 is 14.2 Å². The first-order chi connectivity index (χ1) is 16.4. The topological polar surface area (TPSA) is 55.4 Å². The van der Waals surface area contributed by atoms with Gasteiger partial charge in [-0.2, -0.15) is 0 Å². The summed E-state index contributed by atoms with van der Waals surface area (Å²) >= 11 is 0. The van der Waals surface area contributed by atoms with Gasteiger partial charge in [0.2, 0.25) is 5.75 Å². The Hall–Kier alpha value is -1.50. The van der Waals surface area contributed by atoms with Crippen molar-refractivity contribution in [3.05, 3.63) is 18.2 Å². The lowest BCUT2D eigenvalue weighted by atomic mass is 9.98. The van der Waals surface area contributed by atoms with Crippen LogP contribution in [0.2, 0.25) is 0 Å². The molecule has 0 N–H and O–H groups in total. The van der Waals surface area contributed by atoms with E-state index in [1.165, 1.54) is 57.8 Å². The highest BCUT2D eigenvalue weighted by atomic mass is 16.7. The largest absolute Gasteiger partial charge is 0.463 e. The van der Waals surface area contributed by atoms with Crippen molar-refractivity contribution in [2.45, 2.75) is 115 Å². The van der Waals surface area contributed by atoms with E-state index in [4.69, 9.17) is 28.4 Å². The number of rotatable bonds is 12. The predicted molar refractivity (Wildman–Crippen MR) is 127 cm³/mol. The number of ether oxygens (including phenoxy) is 6. The third-order valence-corrected chi connectivity index (χ3v) is 7.14. The van der Waals surface area contributed by atoms with Crippen LogP contribution in [0.5, 0.6) is 17.2 Å². The molecule has 0 atom stereocenters. The molecule has 0 radical (unpaired) electrons. The molecule has 33 heavy (non-hydrogen) atoms. The van der Waals surface area contributed by atoms with Gasteiger partial charge in [0.25, 0.3) is 0 Å². The van der Waals surface area contributed by atoms with Crippen molar-refractivity contribution in [1.29, 1.82) is 0 Å². The Balaban J connectivity index is 1.32. The molecule has 0 amide bonds. The molecule has 0 saturated heterocycles. The highest BCUT2D eigenvalue weighted by molar-refractivity contribution is 5.51. The third kappa shape index (κ3) is 8.34. The van der Waals surface area contributed by atoms with Crippen LogP contribution in [0, 0.1) is 0 Å². The summed E-state index contributed by atoms with van der Waals surface area (Å²) in [4.78, 5) is 0. The minimum atomic E-state index is 0.189. The van der Waals surface area contributed by atoms with E-state index in [0.717, 1.165) is 38.5 Å². The van der Waals surface area contributed by atoms with Crippen LogP contribution >= 0.6 is 0 Å². The molecule has 0 aromatic heterocycles. The fourth-order valence-corrected chi connectivity index (χ4v) is 5.14. The molecule has 6 nitrogen and oxygen atoms in total. The van der Waals surface area contributed by atoms with Gasteiger partial charge in [-0.25, -0.2) is 0 Å². The lowest BCUT2D eigenvalue weighted by molar-refractivity contribution is -0.0662. The summed E-state index contributed by atoms with van der Waals surface area (Å²) in [6.45, 7) is 0.618. The van der Waals surface area contributed by atoms with E-state index >= 15 is 0 Å². The zero-order chi connectivity index (χ0) is 22.6. The fourth-order valence-electron chi connectivity index (χ4n) is 5.14. The van der Waals surface area contributed by atoms with Crippen LogP contribution in [-0.4, -0.2) is 38.7 Å². The Bertz CT molecular complexity index is 620. The molecular weight excluding hydrogens is 420 g/mol. The first kappa shape index (κ1) is 24.6. The Morgan fingerprint density at radius 2 is 0.848 bits per heavy atom. The average Bonchev–Trinajstić information content (AvgIpc) is 2.87. The second kappa shape index (κ2) is 14.0. The van der Waals surface area contributed by atoms with Crippen molar-refractivity contribution < 1.29 is 28.4 Å². The summed E-state index contributed by atoms with van der Waals surface area (Å²) in [5.74, 6) is 1.80. The first-order valence-corrected chi connectivity index (χ1v) is 13.2. The molecule has 3 fully saturated rings. The van der Waals surface area contributed by atoms with E-state index < -0.39 is 0 Å². The van der Waals surface area contributed by atoms with Crippen LogP contribution in [0.15, 0.2) is 18.2 Å². The van der Waals surface area contributed by atoms with Crippen molar-refractivity contribution in [3.8, 4) is 17.2 Å². The fraction of sp³-hybridized carbons (Fsp3) is 0.778.